The summed E-state index contributed by atoms with van der Waals surface area (Å²) in [6.45, 7) is 4.26. The van der Waals surface area contributed by atoms with Crippen LogP contribution in [0.15, 0.2) is 24.3 Å². The molecule has 0 amide bonds. The number of carbonyl (C=O) groups is 2. The zero-order valence-corrected chi connectivity index (χ0v) is 15.3. The first-order chi connectivity index (χ1) is 12.0. The SMILES string of the molecule is CCCCOC(=O)c1[nH]c2c(c1C)C(=O)C[C@@H](c1ccc(Cl)cc1)C2. The Labute approximate surface area is 152 Å². The molecule has 1 aliphatic rings. The molecule has 4 nitrogen and oxygen atoms in total. The van der Waals surface area contributed by atoms with Crippen molar-refractivity contribution in [1.29, 1.82) is 0 Å². The van der Waals surface area contributed by atoms with E-state index in [1.54, 1.807) is 0 Å². The lowest BCUT2D eigenvalue weighted by Crippen LogP contribution is -2.18. The van der Waals surface area contributed by atoms with Crippen molar-refractivity contribution in [3.63, 3.8) is 0 Å². The van der Waals surface area contributed by atoms with Gasteiger partial charge in [-0.05, 0) is 48.9 Å². The Morgan fingerprint density at radius 3 is 2.68 bits per heavy atom. The van der Waals surface area contributed by atoms with Crippen LogP contribution in [0.5, 0.6) is 0 Å². The van der Waals surface area contributed by atoms with Crippen molar-refractivity contribution < 1.29 is 14.3 Å². The summed E-state index contributed by atoms with van der Waals surface area (Å²) in [6.07, 6.45) is 2.95. The molecule has 0 saturated heterocycles. The third kappa shape index (κ3) is 3.64. The maximum atomic E-state index is 12.7. The van der Waals surface area contributed by atoms with E-state index in [0.717, 1.165) is 24.1 Å². The highest BCUT2D eigenvalue weighted by Crippen LogP contribution is 2.35. The van der Waals surface area contributed by atoms with Crippen LogP contribution in [0.1, 0.15) is 69.8 Å². The van der Waals surface area contributed by atoms with E-state index in [1.807, 2.05) is 38.1 Å². The van der Waals surface area contributed by atoms with Crippen LogP contribution in [0.25, 0.3) is 0 Å². The average molecular weight is 360 g/mol. The summed E-state index contributed by atoms with van der Waals surface area (Å²) in [5.41, 5.74) is 3.69. The van der Waals surface area contributed by atoms with Crippen LogP contribution < -0.4 is 0 Å². The first-order valence-corrected chi connectivity index (χ1v) is 9.06. The summed E-state index contributed by atoms with van der Waals surface area (Å²) in [6, 6.07) is 7.60. The number of ether oxygens (including phenoxy) is 1. The Bertz CT molecular complexity index is 792. The van der Waals surface area contributed by atoms with Crippen molar-refractivity contribution >= 4 is 23.4 Å². The molecule has 0 fully saturated rings. The van der Waals surface area contributed by atoms with Crippen molar-refractivity contribution in [1.82, 2.24) is 4.98 Å². The quantitative estimate of drug-likeness (QED) is 0.613. The number of Topliss-reactive ketones (excluding diaryl/α,β-unsaturated/α-hetero) is 1. The van der Waals surface area contributed by atoms with Crippen LogP contribution >= 0.6 is 11.6 Å². The molecule has 1 heterocycles. The highest BCUT2D eigenvalue weighted by molar-refractivity contribution is 6.30. The number of aromatic amines is 1. The van der Waals surface area contributed by atoms with Gasteiger partial charge in [-0.1, -0.05) is 37.1 Å². The van der Waals surface area contributed by atoms with Gasteiger partial charge in [0.1, 0.15) is 5.69 Å². The van der Waals surface area contributed by atoms with Crippen molar-refractivity contribution in [3.05, 3.63) is 57.4 Å². The Hall–Kier alpha value is -2.07. The normalized spacial score (nSPS) is 16.6. The molecule has 1 atom stereocenters. The van der Waals surface area contributed by atoms with Crippen LogP contribution in [0.2, 0.25) is 5.02 Å². The molecule has 1 aliphatic carbocycles. The Morgan fingerprint density at radius 1 is 1.28 bits per heavy atom. The number of aromatic nitrogens is 1. The number of hydrogen-bond acceptors (Lipinski definition) is 3. The number of hydrogen-bond donors (Lipinski definition) is 1. The van der Waals surface area contributed by atoms with Gasteiger partial charge < -0.3 is 9.72 Å². The molecule has 1 aromatic carbocycles. The van der Waals surface area contributed by atoms with E-state index in [4.69, 9.17) is 16.3 Å². The zero-order valence-electron chi connectivity index (χ0n) is 14.5. The van der Waals surface area contributed by atoms with Crippen LogP contribution in [-0.4, -0.2) is 23.3 Å². The first-order valence-electron chi connectivity index (χ1n) is 8.68. The number of carbonyl (C=O) groups excluding carboxylic acids is 2. The molecule has 2 aromatic rings. The van der Waals surface area contributed by atoms with Gasteiger partial charge in [-0.2, -0.15) is 0 Å². The summed E-state index contributed by atoms with van der Waals surface area (Å²) < 4.78 is 5.29. The van der Waals surface area contributed by atoms with Gasteiger partial charge in [-0.25, -0.2) is 4.79 Å². The lowest BCUT2D eigenvalue weighted by atomic mass is 9.81. The minimum Gasteiger partial charge on any atom is -0.461 e. The fourth-order valence-electron chi connectivity index (χ4n) is 3.39. The Balaban J connectivity index is 1.84. The summed E-state index contributed by atoms with van der Waals surface area (Å²) in [5.74, 6) is -0.210. The number of H-pyrrole nitrogens is 1. The Morgan fingerprint density at radius 2 is 2.00 bits per heavy atom. The van der Waals surface area contributed by atoms with Crippen LogP contribution in [-0.2, 0) is 11.2 Å². The van der Waals surface area contributed by atoms with Gasteiger partial charge in [0, 0.05) is 22.7 Å². The number of benzene rings is 1. The van der Waals surface area contributed by atoms with E-state index in [1.165, 1.54) is 0 Å². The highest BCUT2D eigenvalue weighted by atomic mass is 35.5. The number of esters is 1. The van der Waals surface area contributed by atoms with Gasteiger partial charge in [0.25, 0.3) is 0 Å². The molecule has 0 unspecified atom stereocenters. The number of ketones is 1. The molecular weight excluding hydrogens is 338 g/mol. The monoisotopic (exact) mass is 359 g/mol. The minimum atomic E-state index is -0.379. The van der Waals surface area contributed by atoms with Crippen molar-refractivity contribution in [3.8, 4) is 0 Å². The summed E-state index contributed by atoms with van der Waals surface area (Å²) in [5, 5.41) is 0.680. The van der Waals surface area contributed by atoms with Gasteiger partial charge in [0.15, 0.2) is 5.78 Å². The topological polar surface area (TPSA) is 59.2 Å². The largest absolute Gasteiger partial charge is 0.461 e. The second kappa shape index (κ2) is 7.44. The van der Waals surface area contributed by atoms with Gasteiger partial charge in [0.2, 0.25) is 0 Å². The molecule has 1 aromatic heterocycles. The van der Waals surface area contributed by atoms with Crippen molar-refractivity contribution in [2.24, 2.45) is 0 Å². The first kappa shape index (κ1) is 17.7. The molecule has 25 heavy (non-hydrogen) atoms. The van der Waals surface area contributed by atoms with E-state index in [9.17, 15) is 9.59 Å². The van der Waals surface area contributed by atoms with Crippen molar-refractivity contribution in [2.75, 3.05) is 6.61 Å². The number of unbranched alkanes of at least 4 members (excludes halogenated alkanes) is 1. The molecular formula is C20H22ClNO3. The molecule has 0 bridgehead atoms. The fourth-order valence-corrected chi connectivity index (χ4v) is 3.52. The minimum absolute atomic E-state index is 0.0718. The van der Waals surface area contributed by atoms with E-state index < -0.39 is 0 Å². The van der Waals surface area contributed by atoms with Gasteiger partial charge >= 0.3 is 5.97 Å². The molecule has 3 rings (SSSR count). The third-order valence-corrected chi connectivity index (χ3v) is 5.02. The molecule has 0 spiro atoms. The van der Waals surface area contributed by atoms with Crippen LogP contribution in [0.3, 0.4) is 0 Å². The molecule has 1 N–H and O–H groups in total. The lowest BCUT2D eigenvalue weighted by molar-refractivity contribution is 0.0492. The Kier molecular flexibility index (Phi) is 5.28. The third-order valence-electron chi connectivity index (χ3n) is 4.77. The van der Waals surface area contributed by atoms with E-state index in [-0.39, 0.29) is 17.7 Å². The van der Waals surface area contributed by atoms with Crippen LogP contribution in [0.4, 0.5) is 0 Å². The van der Waals surface area contributed by atoms with Crippen molar-refractivity contribution in [2.45, 2.75) is 45.4 Å². The number of halogens is 1. The second-order valence-corrected chi connectivity index (χ2v) is 6.98. The van der Waals surface area contributed by atoms with E-state index >= 15 is 0 Å². The van der Waals surface area contributed by atoms with Gasteiger partial charge in [0.05, 0.1) is 6.61 Å². The maximum Gasteiger partial charge on any atom is 0.355 e. The average Bonchev–Trinajstić information content (AvgIpc) is 2.93. The van der Waals surface area contributed by atoms with Crippen LogP contribution in [0, 0.1) is 6.92 Å². The molecule has 5 heteroatoms. The molecule has 0 aliphatic heterocycles. The number of nitrogens with one attached hydrogen (secondary N) is 1. The zero-order chi connectivity index (χ0) is 18.0. The number of rotatable bonds is 5. The smallest absolute Gasteiger partial charge is 0.355 e. The summed E-state index contributed by atoms with van der Waals surface area (Å²) in [4.78, 5) is 28.1. The van der Waals surface area contributed by atoms with Gasteiger partial charge in [-0.15, -0.1) is 0 Å². The highest BCUT2D eigenvalue weighted by Gasteiger charge is 2.32. The van der Waals surface area contributed by atoms with E-state index in [0.29, 0.717) is 41.3 Å². The van der Waals surface area contributed by atoms with Gasteiger partial charge in [-0.3, -0.25) is 4.79 Å². The summed E-state index contributed by atoms with van der Waals surface area (Å²) >= 11 is 5.95. The molecule has 0 saturated carbocycles. The predicted molar refractivity (Wildman–Crippen MR) is 97.6 cm³/mol. The predicted octanol–water partition coefficient (Wildman–Crippen LogP) is 4.85. The fraction of sp³-hybridized carbons (Fsp3) is 0.400. The maximum absolute atomic E-state index is 12.7. The second-order valence-electron chi connectivity index (χ2n) is 6.55. The lowest BCUT2D eigenvalue weighted by Gasteiger charge is -2.22. The van der Waals surface area contributed by atoms with E-state index in [2.05, 4.69) is 4.98 Å². The molecule has 0 radical (unpaired) electrons. The molecule has 132 valence electrons. The summed E-state index contributed by atoms with van der Waals surface area (Å²) in [7, 11) is 0. The standard InChI is InChI=1S/C20H22ClNO3/c1-3-4-9-25-20(24)19-12(2)18-16(22-19)10-14(11-17(18)23)13-5-7-15(21)8-6-13/h5-8,14,22H,3-4,9-11H2,1-2H3/t14-/m0/s1. The number of fused-ring (bicyclic) bond motifs is 1.